The smallest absolute Gasteiger partial charge is 0.123 e. The minimum atomic E-state index is -0.135. The summed E-state index contributed by atoms with van der Waals surface area (Å²) in [5.41, 5.74) is 8.01. The van der Waals surface area contributed by atoms with Crippen LogP contribution in [0, 0.1) is 18.7 Å². The average molecular weight is 250 g/mol. The highest BCUT2D eigenvalue weighted by atomic mass is 19.1. The number of piperidine rings is 1. The topological polar surface area (TPSA) is 38.0 Å². The first-order valence-electron chi connectivity index (χ1n) is 6.89. The van der Waals surface area contributed by atoms with E-state index < -0.39 is 0 Å². The summed E-state index contributed by atoms with van der Waals surface area (Å²) in [6.45, 7) is 4.88. The first-order valence-corrected chi connectivity index (χ1v) is 6.89. The van der Waals surface area contributed by atoms with E-state index in [-0.39, 0.29) is 5.82 Å². The van der Waals surface area contributed by atoms with Gasteiger partial charge in [-0.15, -0.1) is 0 Å². The van der Waals surface area contributed by atoms with E-state index in [0.717, 1.165) is 44.5 Å². The van der Waals surface area contributed by atoms with Gasteiger partial charge in [0, 0.05) is 0 Å². The van der Waals surface area contributed by atoms with Gasteiger partial charge in [0.1, 0.15) is 5.82 Å². The Kier molecular flexibility index (Phi) is 4.72. The van der Waals surface area contributed by atoms with Crippen LogP contribution in [0.3, 0.4) is 0 Å². The van der Waals surface area contributed by atoms with E-state index in [1.807, 2.05) is 13.0 Å². The van der Waals surface area contributed by atoms with Crippen molar-refractivity contribution in [1.29, 1.82) is 0 Å². The highest BCUT2D eigenvalue weighted by Gasteiger charge is 2.26. The molecule has 18 heavy (non-hydrogen) atoms. The Morgan fingerprint density at radius 1 is 1.44 bits per heavy atom. The van der Waals surface area contributed by atoms with Crippen molar-refractivity contribution in [2.45, 2.75) is 32.1 Å². The van der Waals surface area contributed by atoms with Crippen molar-refractivity contribution in [3.8, 4) is 0 Å². The highest BCUT2D eigenvalue weighted by molar-refractivity contribution is 5.31. The molecule has 0 saturated carbocycles. The van der Waals surface area contributed by atoms with E-state index in [9.17, 15) is 4.39 Å². The fourth-order valence-corrected chi connectivity index (χ4v) is 3.07. The molecule has 2 atom stereocenters. The van der Waals surface area contributed by atoms with Crippen molar-refractivity contribution >= 4 is 0 Å². The van der Waals surface area contributed by atoms with Gasteiger partial charge in [0.15, 0.2) is 0 Å². The molecule has 2 unspecified atom stereocenters. The normalized spacial score (nSPS) is 24.2. The molecule has 1 aromatic rings. The predicted molar refractivity (Wildman–Crippen MR) is 73.1 cm³/mol. The molecule has 1 aromatic carbocycles. The minimum absolute atomic E-state index is 0.135. The maximum atomic E-state index is 13.2. The van der Waals surface area contributed by atoms with E-state index >= 15 is 0 Å². The largest absolute Gasteiger partial charge is 0.330 e. The summed E-state index contributed by atoms with van der Waals surface area (Å²) >= 11 is 0. The van der Waals surface area contributed by atoms with Crippen LogP contribution in [-0.2, 0) is 0 Å². The Bertz CT molecular complexity index is 392. The Morgan fingerprint density at radius 3 is 3.00 bits per heavy atom. The lowest BCUT2D eigenvalue weighted by Crippen LogP contribution is -2.36. The molecule has 1 aliphatic heterocycles. The summed E-state index contributed by atoms with van der Waals surface area (Å²) in [6, 6.07) is 5.21. The van der Waals surface area contributed by atoms with Crippen LogP contribution in [0.1, 0.15) is 36.3 Å². The molecule has 2 nitrogen and oxygen atoms in total. The van der Waals surface area contributed by atoms with Gasteiger partial charge in [-0.25, -0.2) is 4.39 Å². The molecule has 1 heterocycles. The molecular formula is C15H23FN2. The number of hydrogen-bond donors (Lipinski definition) is 2. The van der Waals surface area contributed by atoms with Gasteiger partial charge in [-0.1, -0.05) is 6.07 Å². The number of aryl methyl sites for hydroxylation is 1. The lowest BCUT2D eigenvalue weighted by molar-refractivity contribution is 0.304. The van der Waals surface area contributed by atoms with E-state index in [4.69, 9.17) is 5.73 Å². The zero-order valence-electron chi connectivity index (χ0n) is 11.1. The van der Waals surface area contributed by atoms with Crippen LogP contribution in [0.5, 0.6) is 0 Å². The summed E-state index contributed by atoms with van der Waals surface area (Å²) in [6.07, 6.45) is 3.37. The molecule has 100 valence electrons. The lowest BCUT2D eigenvalue weighted by Gasteiger charge is -2.33. The third kappa shape index (κ3) is 3.09. The van der Waals surface area contributed by atoms with E-state index in [1.165, 1.54) is 5.56 Å². The average Bonchev–Trinajstić information content (AvgIpc) is 2.37. The van der Waals surface area contributed by atoms with E-state index in [2.05, 4.69) is 5.32 Å². The molecule has 2 rings (SSSR count). The number of benzene rings is 1. The van der Waals surface area contributed by atoms with Crippen molar-refractivity contribution in [2.24, 2.45) is 11.7 Å². The van der Waals surface area contributed by atoms with Crippen molar-refractivity contribution in [3.63, 3.8) is 0 Å². The molecule has 1 fully saturated rings. The summed E-state index contributed by atoms with van der Waals surface area (Å²) in [5.74, 6) is 1.05. The maximum absolute atomic E-state index is 13.2. The van der Waals surface area contributed by atoms with E-state index in [0.29, 0.717) is 11.8 Å². The molecule has 0 bridgehead atoms. The van der Waals surface area contributed by atoms with Crippen LogP contribution in [0.15, 0.2) is 18.2 Å². The second-order valence-electron chi connectivity index (χ2n) is 5.29. The van der Waals surface area contributed by atoms with Gasteiger partial charge in [-0.3, -0.25) is 0 Å². The molecular weight excluding hydrogens is 227 g/mol. The van der Waals surface area contributed by atoms with Crippen LogP contribution in [0.2, 0.25) is 0 Å². The Balaban J connectivity index is 2.16. The van der Waals surface area contributed by atoms with Gasteiger partial charge in [-0.2, -0.15) is 0 Å². The highest BCUT2D eigenvalue weighted by Crippen LogP contribution is 2.34. The summed E-state index contributed by atoms with van der Waals surface area (Å²) < 4.78 is 13.2. The third-order valence-electron chi connectivity index (χ3n) is 4.02. The molecule has 1 saturated heterocycles. The van der Waals surface area contributed by atoms with Crippen molar-refractivity contribution < 1.29 is 4.39 Å². The molecule has 3 N–H and O–H groups in total. The van der Waals surface area contributed by atoms with Gasteiger partial charge in [0.2, 0.25) is 0 Å². The predicted octanol–water partition coefficient (Wildman–Crippen LogP) is 2.57. The second-order valence-corrected chi connectivity index (χ2v) is 5.29. The quantitative estimate of drug-likeness (QED) is 0.862. The molecule has 1 aliphatic rings. The van der Waals surface area contributed by atoms with Gasteiger partial charge >= 0.3 is 0 Å². The first-order chi connectivity index (χ1) is 8.72. The Labute approximate surface area is 109 Å². The number of nitrogens with one attached hydrogen (secondary N) is 1. The van der Waals surface area contributed by atoms with Crippen molar-refractivity contribution in [2.75, 3.05) is 19.6 Å². The number of halogens is 1. The third-order valence-corrected chi connectivity index (χ3v) is 4.02. The molecule has 0 radical (unpaired) electrons. The number of rotatable bonds is 4. The van der Waals surface area contributed by atoms with Crippen molar-refractivity contribution in [1.82, 2.24) is 5.32 Å². The molecule has 0 aliphatic carbocycles. The fraction of sp³-hybridized carbons (Fsp3) is 0.600. The van der Waals surface area contributed by atoms with E-state index in [1.54, 1.807) is 12.1 Å². The van der Waals surface area contributed by atoms with Crippen LogP contribution in [0.25, 0.3) is 0 Å². The molecule has 0 spiro atoms. The zero-order chi connectivity index (χ0) is 13.0. The van der Waals surface area contributed by atoms with Crippen LogP contribution >= 0.6 is 0 Å². The van der Waals surface area contributed by atoms with Gasteiger partial charge < -0.3 is 11.1 Å². The lowest BCUT2D eigenvalue weighted by atomic mass is 9.77. The summed E-state index contributed by atoms with van der Waals surface area (Å²) in [7, 11) is 0. The first kappa shape index (κ1) is 13.5. The Hall–Kier alpha value is -0.930. The SMILES string of the molecule is Cc1cc(F)ccc1C1CCNCC1CCCN. The summed E-state index contributed by atoms with van der Waals surface area (Å²) in [5, 5.41) is 3.46. The fourth-order valence-electron chi connectivity index (χ4n) is 3.07. The number of nitrogens with two attached hydrogens (primary N) is 1. The number of hydrogen-bond acceptors (Lipinski definition) is 2. The van der Waals surface area contributed by atoms with Crippen LogP contribution in [0.4, 0.5) is 4.39 Å². The molecule has 0 aromatic heterocycles. The molecule has 0 amide bonds. The monoisotopic (exact) mass is 250 g/mol. The van der Waals surface area contributed by atoms with Crippen LogP contribution < -0.4 is 11.1 Å². The van der Waals surface area contributed by atoms with Crippen LogP contribution in [-0.4, -0.2) is 19.6 Å². The molecule has 3 heteroatoms. The van der Waals surface area contributed by atoms with Crippen molar-refractivity contribution in [3.05, 3.63) is 35.1 Å². The Morgan fingerprint density at radius 2 is 2.28 bits per heavy atom. The zero-order valence-corrected chi connectivity index (χ0v) is 11.1. The second kappa shape index (κ2) is 6.30. The van der Waals surface area contributed by atoms with Gasteiger partial charge in [-0.05, 0) is 80.9 Å². The maximum Gasteiger partial charge on any atom is 0.123 e. The van der Waals surface area contributed by atoms with Gasteiger partial charge in [0.25, 0.3) is 0 Å². The summed E-state index contributed by atoms with van der Waals surface area (Å²) in [4.78, 5) is 0. The minimum Gasteiger partial charge on any atom is -0.330 e. The van der Waals surface area contributed by atoms with Gasteiger partial charge in [0.05, 0.1) is 0 Å². The standard InChI is InChI=1S/C15H23FN2/c1-11-9-13(16)4-5-14(11)15-6-8-18-10-12(15)3-2-7-17/h4-5,9,12,15,18H,2-3,6-8,10,17H2,1H3.